The first-order valence-electron chi connectivity index (χ1n) is 3.07. The summed E-state index contributed by atoms with van der Waals surface area (Å²) in [5.74, 6) is 0.275. The van der Waals surface area contributed by atoms with Gasteiger partial charge in [0.05, 0.1) is 6.54 Å². The molecule has 0 saturated heterocycles. The zero-order chi connectivity index (χ0) is 8.43. The lowest BCUT2D eigenvalue weighted by Gasteiger charge is -1.93. The van der Waals surface area contributed by atoms with Crippen molar-refractivity contribution >= 4 is 23.2 Å². The monoisotopic (exact) mass is 173 g/mol. The summed E-state index contributed by atoms with van der Waals surface area (Å²) in [6.07, 6.45) is 1.53. The smallest absolute Gasteiger partial charge is 0.164 e. The maximum atomic E-state index is 10.6. The first-order valence-corrected chi connectivity index (χ1v) is 3.45. The molecule has 1 aromatic heterocycles. The molecule has 0 fully saturated rings. The lowest BCUT2D eigenvalue weighted by molar-refractivity contribution is -0.117. The fourth-order valence-electron chi connectivity index (χ4n) is 0.721. The fraction of sp³-hybridized carbons (Fsp3) is 0.333. The van der Waals surface area contributed by atoms with Crippen molar-refractivity contribution < 1.29 is 4.79 Å². The number of Topliss-reactive ketones (excluding diaryl/α,β-unsaturated/α-hetero) is 1. The van der Waals surface area contributed by atoms with E-state index < -0.39 is 0 Å². The maximum Gasteiger partial charge on any atom is 0.164 e. The zero-order valence-electron chi connectivity index (χ0n) is 6.04. The van der Waals surface area contributed by atoms with E-state index in [0.717, 1.165) is 0 Å². The Morgan fingerprint density at radius 1 is 1.91 bits per heavy atom. The first-order chi connectivity index (χ1) is 5.09. The van der Waals surface area contributed by atoms with Crippen molar-refractivity contribution in [2.75, 3.05) is 5.73 Å². The second kappa shape index (κ2) is 2.92. The van der Waals surface area contributed by atoms with E-state index in [9.17, 15) is 4.79 Å². The number of ketones is 1. The standard InChI is InChI=1S/C6H8ClN3O/c1-4(11)2-10-3-5(7)6(8)9-10/h3H,2H2,1H3,(H2,8,9). The van der Waals surface area contributed by atoms with Gasteiger partial charge in [0.1, 0.15) is 5.02 Å². The molecular formula is C6H8ClN3O. The minimum Gasteiger partial charge on any atom is -0.381 e. The van der Waals surface area contributed by atoms with Gasteiger partial charge in [0.2, 0.25) is 0 Å². The Bertz CT molecular complexity index is 262. The number of nitrogens with zero attached hydrogens (tertiary/aromatic N) is 2. The Morgan fingerprint density at radius 3 is 2.91 bits per heavy atom. The van der Waals surface area contributed by atoms with Gasteiger partial charge in [-0.25, -0.2) is 0 Å². The predicted molar refractivity (Wildman–Crippen MR) is 42.3 cm³/mol. The third kappa shape index (κ3) is 1.94. The lowest BCUT2D eigenvalue weighted by Crippen LogP contribution is -2.06. The minimum absolute atomic E-state index is 0.0177. The molecule has 5 heteroatoms. The normalized spacial score (nSPS) is 10.0. The SMILES string of the molecule is CC(=O)Cn1cc(Cl)c(N)n1. The molecule has 0 bridgehead atoms. The Balaban J connectivity index is 2.81. The van der Waals surface area contributed by atoms with E-state index in [1.807, 2.05) is 0 Å². The zero-order valence-corrected chi connectivity index (χ0v) is 6.80. The lowest BCUT2D eigenvalue weighted by atomic mass is 10.4. The average molecular weight is 174 g/mol. The maximum absolute atomic E-state index is 10.6. The molecule has 0 aliphatic carbocycles. The molecule has 0 unspecified atom stereocenters. The van der Waals surface area contributed by atoms with E-state index in [2.05, 4.69) is 5.10 Å². The van der Waals surface area contributed by atoms with Gasteiger partial charge in [-0.05, 0) is 6.92 Å². The highest BCUT2D eigenvalue weighted by molar-refractivity contribution is 6.32. The van der Waals surface area contributed by atoms with Crippen molar-refractivity contribution in [1.82, 2.24) is 9.78 Å². The van der Waals surface area contributed by atoms with Crippen molar-refractivity contribution in [3.05, 3.63) is 11.2 Å². The van der Waals surface area contributed by atoms with E-state index in [1.165, 1.54) is 17.8 Å². The molecule has 0 amide bonds. The molecule has 1 heterocycles. The quantitative estimate of drug-likeness (QED) is 0.717. The Morgan fingerprint density at radius 2 is 2.55 bits per heavy atom. The minimum atomic E-state index is 0.0177. The van der Waals surface area contributed by atoms with Crippen LogP contribution >= 0.6 is 11.6 Å². The molecule has 0 radical (unpaired) electrons. The van der Waals surface area contributed by atoms with Crippen molar-refractivity contribution in [2.45, 2.75) is 13.5 Å². The molecule has 0 saturated carbocycles. The van der Waals surface area contributed by atoms with E-state index >= 15 is 0 Å². The van der Waals surface area contributed by atoms with Gasteiger partial charge in [-0.3, -0.25) is 9.48 Å². The Hall–Kier alpha value is -1.03. The summed E-state index contributed by atoms with van der Waals surface area (Å²) in [6, 6.07) is 0. The number of hydrogen-bond donors (Lipinski definition) is 1. The molecular weight excluding hydrogens is 166 g/mol. The number of carbonyl (C=O) groups excluding carboxylic acids is 1. The Kier molecular flexibility index (Phi) is 2.14. The number of hydrogen-bond acceptors (Lipinski definition) is 3. The molecule has 11 heavy (non-hydrogen) atoms. The van der Waals surface area contributed by atoms with Crippen molar-refractivity contribution in [1.29, 1.82) is 0 Å². The van der Waals surface area contributed by atoms with Gasteiger partial charge in [-0.2, -0.15) is 5.10 Å². The summed E-state index contributed by atoms with van der Waals surface area (Å²) in [6.45, 7) is 1.70. The largest absolute Gasteiger partial charge is 0.381 e. The summed E-state index contributed by atoms with van der Waals surface area (Å²) in [7, 11) is 0. The van der Waals surface area contributed by atoms with E-state index in [0.29, 0.717) is 5.02 Å². The number of nitrogen functional groups attached to an aromatic ring is 1. The number of carbonyl (C=O) groups is 1. The third-order valence-corrected chi connectivity index (χ3v) is 1.42. The highest BCUT2D eigenvalue weighted by Crippen LogP contribution is 2.14. The molecule has 1 aromatic rings. The van der Waals surface area contributed by atoms with E-state index in [4.69, 9.17) is 17.3 Å². The summed E-state index contributed by atoms with van der Waals surface area (Å²) >= 11 is 5.59. The third-order valence-electron chi connectivity index (χ3n) is 1.13. The van der Waals surface area contributed by atoms with Gasteiger partial charge in [0, 0.05) is 6.20 Å². The molecule has 0 atom stereocenters. The van der Waals surface area contributed by atoms with Crippen LogP contribution in [0.3, 0.4) is 0 Å². The molecule has 1 rings (SSSR count). The molecule has 0 aliphatic rings. The van der Waals surface area contributed by atoms with Crippen LogP contribution in [-0.4, -0.2) is 15.6 Å². The summed E-state index contributed by atoms with van der Waals surface area (Å²) in [4.78, 5) is 10.6. The van der Waals surface area contributed by atoms with Gasteiger partial charge in [0.15, 0.2) is 11.6 Å². The predicted octanol–water partition coefficient (Wildman–Crippen LogP) is 0.708. The number of rotatable bonds is 2. The molecule has 0 aromatic carbocycles. The van der Waals surface area contributed by atoms with Crippen LogP contribution in [0.15, 0.2) is 6.20 Å². The van der Waals surface area contributed by atoms with Gasteiger partial charge in [-0.1, -0.05) is 11.6 Å². The van der Waals surface area contributed by atoms with Crippen LogP contribution < -0.4 is 5.73 Å². The number of aromatic nitrogens is 2. The van der Waals surface area contributed by atoms with Gasteiger partial charge >= 0.3 is 0 Å². The molecule has 2 N–H and O–H groups in total. The second-order valence-electron chi connectivity index (χ2n) is 2.26. The second-order valence-corrected chi connectivity index (χ2v) is 2.67. The number of halogens is 1. The first kappa shape index (κ1) is 8.07. The number of anilines is 1. The van der Waals surface area contributed by atoms with Crippen molar-refractivity contribution in [3.63, 3.8) is 0 Å². The van der Waals surface area contributed by atoms with Crippen LogP contribution in [0.1, 0.15) is 6.92 Å². The van der Waals surface area contributed by atoms with Crippen LogP contribution in [0.5, 0.6) is 0 Å². The van der Waals surface area contributed by atoms with E-state index in [-0.39, 0.29) is 18.1 Å². The number of nitrogens with two attached hydrogens (primary N) is 1. The molecule has 0 spiro atoms. The van der Waals surface area contributed by atoms with Crippen LogP contribution in [0, 0.1) is 0 Å². The molecule has 60 valence electrons. The van der Waals surface area contributed by atoms with Crippen LogP contribution in [0.4, 0.5) is 5.82 Å². The van der Waals surface area contributed by atoms with Gasteiger partial charge in [0.25, 0.3) is 0 Å². The Labute approximate surface area is 68.9 Å². The van der Waals surface area contributed by atoms with Gasteiger partial charge in [-0.15, -0.1) is 0 Å². The van der Waals surface area contributed by atoms with Crippen LogP contribution in [-0.2, 0) is 11.3 Å². The van der Waals surface area contributed by atoms with Crippen LogP contribution in [0.2, 0.25) is 5.02 Å². The van der Waals surface area contributed by atoms with E-state index in [1.54, 1.807) is 0 Å². The molecule has 4 nitrogen and oxygen atoms in total. The van der Waals surface area contributed by atoms with Gasteiger partial charge < -0.3 is 5.73 Å². The average Bonchev–Trinajstić information content (AvgIpc) is 2.10. The fourth-order valence-corrected chi connectivity index (χ4v) is 0.872. The topological polar surface area (TPSA) is 60.9 Å². The molecule has 0 aliphatic heterocycles. The summed E-state index contributed by atoms with van der Waals surface area (Å²) < 4.78 is 1.42. The highest BCUT2D eigenvalue weighted by atomic mass is 35.5. The highest BCUT2D eigenvalue weighted by Gasteiger charge is 2.03. The summed E-state index contributed by atoms with van der Waals surface area (Å²) in [5.41, 5.74) is 5.34. The van der Waals surface area contributed by atoms with Crippen molar-refractivity contribution in [3.8, 4) is 0 Å². The van der Waals surface area contributed by atoms with Crippen LogP contribution in [0.25, 0.3) is 0 Å². The van der Waals surface area contributed by atoms with Crippen molar-refractivity contribution in [2.24, 2.45) is 0 Å². The summed E-state index contributed by atoms with van der Waals surface area (Å²) in [5, 5.41) is 4.17.